The highest BCUT2D eigenvalue weighted by atomic mass is 16.2. The number of likely N-dealkylation sites (tertiary alicyclic amines) is 1. The minimum absolute atomic E-state index is 0.0876. The van der Waals surface area contributed by atoms with E-state index in [4.69, 9.17) is 0 Å². The summed E-state index contributed by atoms with van der Waals surface area (Å²) in [5.74, 6) is -0.451. The van der Waals surface area contributed by atoms with Gasteiger partial charge in [0.2, 0.25) is 17.7 Å². The summed E-state index contributed by atoms with van der Waals surface area (Å²) in [6.07, 6.45) is 6.30. The number of allylic oxidation sites excluding steroid dienone is 2. The molecule has 1 saturated heterocycles. The molecule has 136 valence electrons. The Balaban J connectivity index is 1.71. The van der Waals surface area contributed by atoms with Crippen LogP contribution in [0.3, 0.4) is 0 Å². The lowest BCUT2D eigenvalue weighted by Gasteiger charge is -2.38. The van der Waals surface area contributed by atoms with E-state index in [1.807, 2.05) is 30.3 Å². The maximum atomic E-state index is 13.3. The largest absolute Gasteiger partial charge is 0.349 e. The molecule has 0 N–H and O–H groups in total. The summed E-state index contributed by atoms with van der Waals surface area (Å²) in [5.41, 5.74) is 0.836. The van der Waals surface area contributed by atoms with Gasteiger partial charge in [-0.2, -0.15) is 0 Å². The molecular weight excluding hydrogens is 328 g/mol. The molecule has 0 spiro atoms. The van der Waals surface area contributed by atoms with Crippen molar-refractivity contribution in [1.29, 1.82) is 0 Å². The molecule has 5 heteroatoms. The molecular formula is C21H24N2O3. The second-order valence-electron chi connectivity index (χ2n) is 7.81. The van der Waals surface area contributed by atoms with Crippen LogP contribution in [-0.2, 0) is 14.4 Å². The Morgan fingerprint density at radius 3 is 2.04 bits per heavy atom. The van der Waals surface area contributed by atoms with Gasteiger partial charge in [0.15, 0.2) is 0 Å². The van der Waals surface area contributed by atoms with Crippen molar-refractivity contribution in [2.24, 2.45) is 23.7 Å². The molecule has 1 saturated carbocycles. The zero-order valence-corrected chi connectivity index (χ0v) is 15.2. The van der Waals surface area contributed by atoms with Crippen molar-refractivity contribution in [1.82, 2.24) is 9.80 Å². The normalized spacial score (nSPS) is 30.5. The van der Waals surface area contributed by atoms with Crippen LogP contribution in [0.5, 0.6) is 0 Å². The van der Waals surface area contributed by atoms with E-state index >= 15 is 0 Å². The van der Waals surface area contributed by atoms with E-state index in [9.17, 15) is 14.4 Å². The molecule has 1 aromatic carbocycles. The van der Waals surface area contributed by atoms with Gasteiger partial charge in [-0.25, -0.2) is 0 Å². The van der Waals surface area contributed by atoms with E-state index in [-0.39, 0.29) is 47.8 Å². The van der Waals surface area contributed by atoms with E-state index in [2.05, 4.69) is 12.2 Å². The molecule has 1 aromatic rings. The van der Waals surface area contributed by atoms with Crippen LogP contribution in [0.15, 0.2) is 42.5 Å². The second kappa shape index (κ2) is 6.38. The molecule has 26 heavy (non-hydrogen) atoms. The predicted molar refractivity (Wildman–Crippen MR) is 96.7 cm³/mol. The fourth-order valence-electron chi connectivity index (χ4n) is 4.79. The number of imide groups is 1. The molecule has 2 bridgehead atoms. The fourth-order valence-corrected chi connectivity index (χ4v) is 4.79. The number of carbonyl (C=O) groups excluding carboxylic acids is 3. The Morgan fingerprint density at radius 1 is 1.04 bits per heavy atom. The van der Waals surface area contributed by atoms with Crippen LogP contribution >= 0.6 is 0 Å². The number of nitrogens with zero attached hydrogens (tertiary/aromatic N) is 2. The number of hydrogen-bond acceptors (Lipinski definition) is 3. The molecule has 0 radical (unpaired) electrons. The topological polar surface area (TPSA) is 57.7 Å². The van der Waals surface area contributed by atoms with E-state index in [1.165, 1.54) is 9.80 Å². The first-order valence-corrected chi connectivity index (χ1v) is 9.29. The van der Waals surface area contributed by atoms with Crippen LogP contribution in [0.2, 0.25) is 0 Å². The molecule has 3 aliphatic carbocycles. The van der Waals surface area contributed by atoms with Gasteiger partial charge in [0, 0.05) is 14.1 Å². The molecule has 1 aliphatic heterocycles. The summed E-state index contributed by atoms with van der Waals surface area (Å²) < 4.78 is 0. The minimum Gasteiger partial charge on any atom is -0.349 e. The van der Waals surface area contributed by atoms with Gasteiger partial charge in [-0.05, 0) is 30.2 Å². The zero-order valence-electron chi connectivity index (χ0n) is 15.2. The first kappa shape index (κ1) is 17.0. The zero-order chi connectivity index (χ0) is 18.4. The van der Waals surface area contributed by atoms with Gasteiger partial charge in [0.05, 0.1) is 24.3 Å². The molecule has 3 amide bonds. The third kappa shape index (κ3) is 2.57. The average molecular weight is 352 g/mol. The summed E-state index contributed by atoms with van der Waals surface area (Å²) in [4.78, 5) is 41.8. The average Bonchev–Trinajstić information content (AvgIpc) is 2.94. The Kier molecular flexibility index (Phi) is 4.17. The van der Waals surface area contributed by atoms with E-state index in [1.54, 1.807) is 14.1 Å². The lowest BCUT2D eigenvalue weighted by molar-refractivity contribution is -0.144. The highest BCUT2D eigenvalue weighted by Crippen LogP contribution is 2.51. The van der Waals surface area contributed by atoms with Crippen molar-refractivity contribution in [3.8, 4) is 0 Å². The number of benzene rings is 1. The van der Waals surface area contributed by atoms with Crippen molar-refractivity contribution >= 4 is 17.7 Å². The fraction of sp³-hybridized carbons (Fsp3) is 0.476. The number of rotatable bonds is 4. The Morgan fingerprint density at radius 2 is 1.58 bits per heavy atom. The first-order valence-electron chi connectivity index (χ1n) is 9.29. The van der Waals surface area contributed by atoms with Crippen LogP contribution in [0.4, 0.5) is 0 Å². The summed E-state index contributed by atoms with van der Waals surface area (Å²) in [6.45, 7) is 0. The number of fused-ring (bicyclic) bond motifs is 1. The molecule has 5 rings (SSSR count). The Hall–Kier alpha value is -2.43. The number of hydrogen-bond donors (Lipinski definition) is 0. The summed E-state index contributed by atoms with van der Waals surface area (Å²) in [6, 6.07) is 8.91. The summed E-state index contributed by atoms with van der Waals surface area (Å²) in [7, 11) is 3.39. The van der Waals surface area contributed by atoms with Crippen LogP contribution in [0.1, 0.15) is 30.9 Å². The van der Waals surface area contributed by atoms with Crippen LogP contribution in [0, 0.1) is 23.7 Å². The van der Waals surface area contributed by atoms with Gasteiger partial charge >= 0.3 is 0 Å². The first-order chi connectivity index (χ1) is 12.5. The van der Waals surface area contributed by atoms with Gasteiger partial charge in [-0.3, -0.25) is 19.3 Å². The molecule has 2 fully saturated rings. The van der Waals surface area contributed by atoms with Crippen molar-refractivity contribution in [2.75, 3.05) is 14.1 Å². The molecule has 4 aliphatic rings. The van der Waals surface area contributed by atoms with Crippen LogP contribution in [0.25, 0.3) is 0 Å². The number of carbonyl (C=O) groups is 3. The van der Waals surface area contributed by atoms with Crippen molar-refractivity contribution in [3.63, 3.8) is 0 Å². The molecule has 5 unspecified atom stereocenters. The maximum Gasteiger partial charge on any atom is 0.234 e. The van der Waals surface area contributed by atoms with Gasteiger partial charge < -0.3 is 4.90 Å². The van der Waals surface area contributed by atoms with Crippen LogP contribution in [-0.4, -0.2) is 41.6 Å². The van der Waals surface area contributed by atoms with E-state index < -0.39 is 6.04 Å². The Labute approximate surface area is 153 Å². The predicted octanol–water partition coefficient (Wildman–Crippen LogP) is 2.40. The van der Waals surface area contributed by atoms with Gasteiger partial charge in [0.25, 0.3) is 0 Å². The second-order valence-corrected chi connectivity index (χ2v) is 7.81. The lowest BCUT2D eigenvalue weighted by atomic mass is 9.63. The van der Waals surface area contributed by atoms with Crippen molar-refractivity contribution in [3.05, 3.63) is 48.0 Å². The molecule has 5 nitrogen and oxygen atoms in total. The number of amides is 3. The summed E-state index contributed by atoms with van der Waals surface area (Å²) >= 11 is 0. The highest BCUT2D eigenvalue weighted by Gasteiger charge is 2.58. The third-order valence-corrected chi connectivity index (χ3v) is 6.16. The quantitative estimate of drug-likeness (QED) is 0.618. The minimum atomic E-state index is -0.531. The molecule has 1 heterocycles. The monoisotopic (exact) mass is 352 g/mol. The van der Waals surface area contributed by atoms with E-state index in [0.717, 1.165) is 18.4 Å². The van der Waals surface area contributed by atoms with Gasteiger partial charge in [-0.1, -0.05) is 42.5 Å². The smallest absolute Gasteiger partial charge is 0.234 e. The summed E-state index contributed by atoms with van der Waals surface area (Å²) in [5, 5.41) is 0. The maximum absolute atomic E-state index is 13.3. The van der Waals surface area contributed by atoms with E-state index in [0.29, 0.717) is 0 Å². The Bertz CT molecular complexity index is 739. The van der Waals surface area contributed by atoms with Crippen molar-refractivity contribution < 1.29 is 14.4 Å². The SMILES string of the molecule is CN(C)C(=O)CC(c1ccccc1)N1C(=O)C2C3C=CC(CC3)C2C1=O. The van der Waals surface area contributed by atoms with Crippen LogP contribution < -0.4 is 0 Å². The molecule has 0 aromatic heterocycles. The van der Waals surface area contributed by atoms with Gasteiger partial charge in [0.1, 0.15) is 0 Å². The molecule has 5 atom stereocenters. The standard InChI is InChI=1S/C21H24N2O3/c1-22(2)17(24)12-16(13-6-4-3-5-7-13)23-20(25)18-14-8-9-15(11-10-14)19(18)21(23)26/h3-9,14-16,18-19H,10-12H2,1-2H3. The lowest BCUT2D eigenvalue weighted by Crippen LogP contribution is -2.38. The third-order valence-electron chi connectivity index (χ3n) is 6.16. The van der Waals surface area contributed by atoms with Gasteiger partial charge in [-0.15, -0.1) is 0 Å². The van der Waals surface area contributed by atoms with Crippen molar-refractivity contribution in [2.45, 2.75) is 25.3 Å². The highest BCUT2D eigenvalue weighted by molar-refractivity contribution is 6.06.